The molecule has 0 spiro atoms. The fourth-order valence-electron chi connectivity index (χ4n) is 2.55. The molecule has 1 aliphatic heterocycles. The van der Waals surface area contributed by atoms with Crippen LogP contribution in [0.15, 0.2) is 48.5 Å². The van der Waals surface area contributed by atoms with Crippen LogP contribution >= 0.6 is 0 Å². The van der Waals surface area contributed by atoms with Gasteiger partial charge in [0.05, 0.1) is 13.2 Å². The van der Waals surface area contributed by atoms with E-state index in [1.54, 1.807) is 12.1 Å². The van der Waals surface area contributed by atoms with Gasteiger partial charge in [-0.1, -0.05) is 6.07 Å². The van der Waals surface area contributed by atoms with Crippen molar-refractivity contribution in [1.82, 2.24) is 0 Å². The molecule has 2 aromatic rings. The molecule has 1 saturated heterocycles. The van der Waals surface area contributed by atoms with Crippen molar-refractivity contribution in [3.8, 4) is 5.75 Å². The minimum absolute atomic E-state index is 0.286. The standard InChI is InChI=1S/C17H20N2O2/c1-18(14-5-7-17(20)8-6-14)15-3-2-4-16(13-15)19-9-11-21-12-10-19/h2-8,13,20H,9-12H2,1H3. The maximum Gasteiger partial charge on any atom is 0.115 e. The Morgan fingerprint density at radius 1 is 1.00 bits per heavy atom. The average Bonchev–Trinajstić information content (AvgIpc) is 2.56. The van der Waals surface area contributed by atoms with E-state index in [0.29, 0.717) is 0 Å². The number of anilines is 3. The highest BCUT2D eigenvalue weighted by Crippen LogP contribution is 2.28. The van der Waals surface area contributed by atoms with E-state index in [1.165, 1.54) is 5.69 Å². The highest BCUT2D eigenvalue weighted by Gasteiger charge is 2.12. The summed E-state index contributed by atoms with van der Waals surface area (Å²) < 4.78 is 5.40. The summed E-state index contributed by atoms with van der Waals surface area (Å²) in [4.78, 5) is 4.46. The number of ether oxygens (including phenoxy) is 1. The average molecular weight is 284 g/mol. The zero-order valence-corrected chi connectivity index (χ0v) is 12.2. The highest BCUT2D eigenvalue weighted by atomic mass is 16.5. The quantitative estimate of drug-likeness (QED) is 0.940. The van der Waals surface area contributed by atoms with Crippen molar-refractivity contribution in [1.29, 1.82) is 0 Å². The van der Waals surface area contributed by atoms with Crippen molar-refractivity contribution in [2.45, 2.75) is 0 Å². The molecule has 0 saturated carbocycles. The molecule has 4 heteroatoms. The number of nitrogens with zero attached hydrogens (tertiary/aromatic N) is 2. The van der Waals surface area contributed by atoms with E-state index in [9.17, 15) is 5.11 Å². The van der Waals surface area contributed by atoms with Crippen LogP contribution in [0, 0.1) is 0 Å². The Labute approximate surface area is 125 Å². The van der Waals surface area contributed by atoms with Gasteiger partial charge in [0.15, 0.2) is 0 Å². The SMILES string of the molecule is CN(c1ccc(O)cc1)c1cccc(N2CCOCC2)c1. The fraction of sp³-hybridized carbons (Fsp3) is 0.294. The summed E-state index contributed by atoms with van der Waals surface area (Å²) in [6, 6.07) is 15.7. The van der Waals surface area contributed by atoms with E-state index in [2.05, 4.69) is 34.1 Å². The van der Waals surface area contributed by atoms with Gasteiger partial charge in [-0.15, -0.1) is 0 Å². The summed E-state index contributed by atoms with van der Waals surface area (Å²) in [5.41, 5.74) is 3.40. The maximum atomic E-state index is 9.39. The van der Waals surface area contributed by atoms with Crippen molar-refractivity contribution in [3.05, 3.63) is 48.5 Å². The molecule has 0 aromatic heterocycles. The number of hydrogen-bond acceptors (Lipinski definition) is 4. The van der Waals surface area contributed by atoms with Crippen molar-refractivity contribution in [2.75, 3.05) is 43.2 Å². The van der Waals surface area contributed by atoms with Gasteiger partial charge in [0.1, 0.15) is 5.75 Å². The molecule has 0 atom stereocenters. The molecule has 0 unspecified atom stereocenters. The first-order chi connectivity index (χ1) is 10.2. The van der Waals surface area contributed by atoms with E-state index in [-0.39, 0.29) is 5.75 Å². The second kappa shape index (κ2) is 6.06. The summed E-state index contributed by atoms with van der Waals surface area (Å²) in [6.45, 7) is 3.45. The number of aromatic hydroxyl groups is 1. The lowest BCUT2D eigenvalue weighted by Crippen LogP contribution is -2.36. The third-order valence-corrected chi connectivity index (χ3v) is 3.83. The molecular formula is C17H20N2O2. The Morgan fingerprint density at radius 2 is 1.71 bits per heavy atom. The monoisotopic (exact) mass is 284 g/mol. The minimum Gasteiger partial charge on any atom is -0.508 e. The lowest BCUT2D eigenvalue weighted by molar-refractivity contribution is 0.122. The molecule has 1 fully saturated rings. The van der Waals surface area contributed by atoms with E-state index < -0.39 is 0 Å². The van der Waals surface area contributed by atoms with Crippen LogP contribution in [-0.4, -0.2) is 38.5 Å². The molecule has 4 nitrogen and oxygen atoms in total. The van der Waals surface area contributed by atoms with Gasteiger partial charge in [-0.05, 0) is 42.5 Å². The number of rotatable bonds is 3. The zero-order chi connectivity index (χ0) is 14.7. The second-order valence-corrected chi connectivity index (χ2v) is 5.19. The number of benzene rings is 2. The van der Waals surface area contributed by atoms with E-state index >= 15 is 0 Å². The Bertz CT molecular complexity index is 592. The summed E-state index contributed by atoms with van der Waals surface area (Å²) in [7, 11) is 2.03. The van der Waals surface area contributed by atoms with Crippen LogP contribution in [-0.2, 0) is 4.74 Å². The molecular weight excluding hydrogens is 264 g/mol. The topological polar surface area (TPSA) is 35.9 Å². The molecule has 3 rings (SSSR count). The molecule has 0 amide bonds. The van der Waals surface area contributed by atoms with Gasteiger partial charge in [-0.25, -0.2) is 0 Å². The van der Waals surface area contributed by atoms with Crippen LogP contribution in [0.1, 0.15) is 0 Å². The number of phenols is 1. The van der Waals surface area contributed by atoms with Crippen LogP contribution in [0.4, 0.5) is 17.1 Å². The predicted molar refractivity (Wildman–Crippen MR) is 85.6 cm³/mol. The zero-order valence-electron chi connectivity index (χ0n) is 12.2. The smallest absolute Gasteiger partial charge is 0.115 e. The Balaban J connectivity index is 1.83. The highest BCUT2D eigenvalue weighted by molar-refractivity contribution is 5.67. The molecule has 0 bridgehead atoms. The summed E-state index contributed by atoms with van der Waals surface area (Å²) in [5.74, 6) is 0.286. The lowest BCUT2D eigenvalue weighted by atomic mass is 10.2. The third-order valence-electron chi connectivity index (χ3n) is 3.83. The van der Waals surface area contributed by atoms with Crippen molar-refractivity contribution < 1.29 is 9.84 Å². The van der Waals surface area contributed by atoms with Gasteiger partial charge in [0.2, 0.25) is 0 Å². The van der Waals surface area contributed by atoms with Gasteiger partial charge in [-0.2, -0.15) is 0 Å². The van der Waals surface area contributed by atoms with Gasteiger partial charge in [0, 0.05) is 37.2 Å². The fourth-order valence-corrected chi connectivity index (χ4v) is 2.55. The van der Waals surface area contributed by atoms with Crippen LogP contribution in [0.5, 0.6) is 5.75 Å². The maximum absolute atomic E-state index is 9.39. The van der Waals surface area contributed by atoms with E-state index in [1.807, 2.05) is 19.2 Å². The first kappa shape index (κ1) is 13.8. The Morgan fingerprint density at radius 3 is 2.43 bits per heavy atom. The number of hydrogen-bond donors (Lipinski definition) is 1. The third kappa shape index (κ3) is 3.11. The Hall–Kier alpha value is -2.20. The van der Waals surface area contributed by atoms with E-state index in [4.69, 9.17) is 4.74 Å². The van der Waals surface area contributed by atoms with Crippen molar-refractivity contribution >= 4 is 17.1 Å². The molecule has 1 heterocycles. The minimum atomic E-state index is 0.286. The predicted octanol–water partition coefficient (Wildman–Crippen LogP) is 3.00. The molecule has 0 radical (unpaired) electrons. The van der Waals surface area contributed by atoms with Gasteiger partial charge in [0.25, 0.3) is 0 Å². The first-order valence-corrected chi connectivity index (χ1v) is 7.19. The molecule has 110 valence electrons. The normalized spacial score (nSPS) is 15.0. The number of morpholine rings is 1. The molecule has 21 heavy (non-hydrogen) atoms. The molecule has 1 aliphatic rings. The molecule has 2 aromatic carbocycles. The summed E-state index contributed by atoms with van der Waals surface area (Å²) in [6.07, 6.45) is 0. The summed E-state index contributed by atoms with van der Waals surface area (Å²) >= 11 is 0. The lowest BCUT2D eigenvalue weighted by Gasteiger charge is -2.30. The largest absolute Gasteiger partial charge is 0.508 e. The van der Waals surface area contributed by atoms with Crippen molar-refractivity contribution in [3.63, 3.8) is 0 Å². The number of phenolic OH excluding ortho intramolecular Hbond substituents is 1. The second-order valence-electron chi connectivity index (χ2n) is 5.19. The summed E-state index contributed by atoms with van der Waals surface area (Å²) in [5, 5.41) is 9.39. The molecule has 0 aliphatic carbocycles. The van der Waals surface area contributed by atoms with Crippen LogP contribution in [0.25, 0.3) is 0 Å². The van der Waals surface area contributed by atoms with Gasteiger partial charge >= 0.3 is 0 Å². The van der Waals surface area contributed by atoms with E-state index in [0.717, 1.165) is 37.7 Å². The van der Waals surface area contributed by atoms with Gasteiger partial charge < -0.3 is 19.6 Å². The van der Waals surface area contributed by atoms with Crippen LogP contribution in [0.3, 0.4) is 0 Å². The van der Waals surface area contributed by atoms with Crippen LogP contribution < -0.4 is 9.80 Å². The Kier molecular flexibility index (Phi) is 3.97. The van der Waals surface area contributed by atoms with Crippen molar-refractivity contribution in [2.24, 2.45) is 0 Å². The van der Waals surface area contributed by atoms with Crippen LogP contribution in [0.2, 0.25) is 0 Å². The molecule has 1 N–H and O–H groups in total. The van der Waals surface area contributed by atoms with Gasteiger partial charge in [-0.3, -0.25) is 0 Å². The first-order valence-electron chi connectivity index (χ1n) is 7.19.